The van der Waals surface area contributed by atoms with Crippen LogP contribution in [-0.2, 0) is 4.74 Å². The highest BCUT2D eigenvalue weighted by molar-refractivity contribution is 5.94. The van der Waals surface area contributed by atoms with Crippen LogP contribution in [0.2, 0.25) is 0 Å². The van der Waals surface area contributed by atoms with E-state index < -0.39 is 0 Å². The van der Waals surface area contributed by atoms with Crippen LogP contribution in [0, 0.1) is 11.8 Å². The Labute approximate surface area is 125 Å². The number of aliphatic hydroxyl groups is 1. The number of ether oxygens (including phenoxy) is 1. The van der Waals surface area contributed by atoms with Gasteiger partial charge in [0.25, 0.3) is 5.91 Å². The predicted molar refractivity (Wildman–Crippen MR) is 81.0 cm³/mol. The highest BCUT2D eigenvalue weighted by Gasteiger charge is 2.30. The van der Waals surface area contributed by atoms with Crippen LogP contribution >= 0.6 is 0 Å². The summed E-state index contributed by atoms with van der Waals surface area (Å²) in [5.74, 6) is 5.83. The Kier molecular flexibility index (Phi) is 5.00. The molecule has 0 radical (unpaired) electrons. The summed E-state index contributed by atoms with van der Waals surface area (Å²) >= 11 is 0. The average molecular weight is 287 g/mol. The first-order chi connectivity index (χ1) is 10.0. The van der Waals surface area contributed by atoms with Crippen molar-refractivity contribution in [2.45, 2.75) is 25.9 Å². The smallest absolute Gasteiger partial charge is 0.254 e. The van der Waals surface area contributed by atoms with E-state index in [1.807, 2.05) is 36.9 Å². The fraction of sp³-hybridized carbons (Fsp3) is 0.471. The molecule has 21 heavy (non-hydrogen) atoms. The standard InChI is InChI=1S/C17H21NO3/c1-17(2)13-18(9-11-21-17)16(20)15-8-5-7-14(12-15)6-3-4-10-19/h5,7-8,12,19H,4,9-11,13H2,1-2H3. The van der Waals surface area contributed by atoms with Gasteiger partial charge in [0.05, 0.1) is 18.8 Å². The first-order valence-electron chi connectivity index (χ1n) is 7.15. The lowest BCUT2D eigenvalue weighted by Gasteiger charge is -2.38. The maximum Gasteiger partial charge on any atom is 0.254 e. The van der Waals surface area contributed by atoms with Crippen LogP contribution in [0.15, 0.2) is 24.3 Å². The van der Waals surface area contributed by atoms with E-state index >= 15 is 0 Å². The van der Waals surface area contributed by atoms with E-state index in [0.29, 0.717) is 31.7 Å². The van der Waals surface area contributed by atoms with E-state index in [9.17, 15) is 4.79 Å². The molecule has 0 saturated carbocycles. The van der Waals surface area contributed by atoms with Gasteiger partial charge in [-0.2, -0.15) is 0 Å². The number of hydrogen-bond acceptors (Lipinski definition) is 3. The summed E-state index contributed by atoms with van der Waals surface area (Å²) in [6.45, 7) is 5.80. The van der Waals surface area contributed by atoms with Crippen molar-refractivity contribution in [3.8, 4) is 11.8 Å². The van der Waals surface area contributed by atoms with Crippen LogP contribution in [0.4, 0.5) is 0 Å². The zero-order valence-corrected chi connectivity index (χ0v) is 12.6. The molecule has 1 aliphatic rings. The molecule has 1 N–H and O–H groups in total. The maximum absolute atomic E-state index is 12.6. The molecule has 1 aromatic rings. The van der Waals surface area contributed by atoms with Gasteiger partial charge in [0.2, 0.25) is 0 Å². The van der Waals surface area contributed by atoms with E-state index in [-0.39, 0.29) is 18.1 Å². The van der Waals surface area contributed by atoms with Crippen LogP contribution < -0.4 is 0 Å². The van der Waals surface area contributed by atoms with Crippen LogP contribution in [0.1, 0.15) is 36.2 Å². The second-order valence-electron chi connectivity index (χ2n) is 5.69. The highest BCUT2D eigenvalue weighted by atomic mass is 16.5. The van der Waals surface area contributed by atoms with Gasteiger partial charge in [0.1, 0.15) is 0 Å². The largest absolute Gasteiger partial charge is 0.395 e. The number of carbonyl (C=O) groups is 1. The summed E-state index contributed by atoms with van der Waals surface area (Å²) in [6.07, 6.45) is 0.440. The van der Waals surface area contributed by atoms with Gasteiger partial charge in [-0.05, 0) is 32.0 Å². The van der Waals surface area contributed by atoms with Gasteiger partial charge >= 0.3 is 0 Å². The van der Waals surface area contributed by atoms with Gasteiger partial charge in [0, 0.05) is 30.6 Å². The van der Waals surface area contributed by atoms with Gasteiger partial charge in [-0.15, -0.1) is 0 Å². The Bertz CT molecular complexity index is 569. The maximum atomic E-state index is 12.6. The number of hydrogen-bond donors (Lipinski definition) is 1. The molecule has 0 atom stereocenters. The Morgan fingerprint density at radius 1 is 1.48 bits per heavy atom. The molecule has 0 aliphatic carbocycles. The summed E-state index contributed by atoms with van der Waals surface area (Å²) in [4.78, 5) is 14.4. The minimum absolute atomic E-state index is 0.0113. The molecule has 1 saturated heterocycles. The zero-order chi connectivity index (χ0) is 15.3. The predicted octanol–water partition coefficient (Wildman–Crippen LogP) is 1.67. The number of benzene rings is 1. The molecule has 2 rings (SSSR count). The second-order valence-corrected chi connectivity index (χ2v) is 5.69. The molecule has 1 amide bonds. The lowest BCUT2D eigenvalue weighted by Crippen LogP contribution is -2.50. The fourth-order valence-electron chi connectivity index (χ4n) is 2.32. The third-order valence-corrected chi connectivity index (χ3v) is 3.29. The molecule has 0 unspecified atom stereocenters. The number of carbonyl (C=O) groups excluding carboxylic acids is 1. The van der Waals surface area contributed by atoms with Crippen LogP contribution in [-0.4, -0.2) is 47.8 Å². The van der Waals surface area contributed by atoms with Gasteiger partial charge in [-0.1, -0.05) is 17.9 Å². The van der Waals surface area contributed by atoms with E-state index in [4.69, 9.17) is 9.84 Å². The first kappa shape index (κ1) is 15.6. The summed E-state index contributed by atoms with van der Waals surface area (Å²) in [5.41, 5.74) is 1.14. The Balaban J connectivity index is 2.12. The highest BCUT2D eigenvalue weighted by Crippen LogP contribution is 2.18. The molecule has 1 aliphatic heterocycles. The first-order valence-corrected chi connectivity index (χ1v) is 7.15. The van der Waals surface area contributed by atoms with Crippen LogP contribution in [0.5, 0.6) is 0 Å². The molecule has 0 aromatic heterocycles. The van der Waals surface area contributed by atoms with Gasteiger partial charge in [0.15, 0.2) is 0 Å². The van der Waals surface area contributed by atoms with Crippen molar-refractivity contribution < 1.29 is 14.6 Å². The fourth-order valence-corrected chi connectivity index (χ4v) is 2.32. The molecule has 1 heterocycles. The molecule has 0 bridgehead atoms. The number of morpholine rings is 1. The molecule has 4 nitrogen and oxygen atoms in total. The monoisotopic (exact) mass is 287 g/mol. The number of nitrogens with zero attached hydrogens (tertiary/aromatic N) is 1. The SMILES string of the molecule is CC1(C)CN(C(=O)c2cccc(C#CCCO)c2)CCO1. The quantitative estimate of drug-likeness (QED) is 0.842. The third-order valence-electron chi connectivity index (χ3n) is 3.29. The lowest BCUT2D eigenvalue weighted by atomic mass is 10.1. The number of rotatable bonds is 2. The number of aliphatic hydroxyl groups excluding tert-OH is 1. The normalized spacial score (nSPS) is 17.0. The van der Waals surface area contributed by atoms with Crippen molar-refractivity contribution in [3.63, 3.8) is 0 Å². The Hall–Kier alpha value is -1.83. The van der Waals surface area contributed by atoms with E-state index in [1.165, 1.54) is 0 Å². The van der Waals surface area contributed by atoms with Crippen molar-refractivity contribution in [1.82, 2.24) is 4.90 Å². The van der Waals surface area contributed by atoms with Crippen molar-refractivity contribution in [3.05, 3.63) is 35.4 Å². The van der Waals surface area contributed by atoms with Gasteiger partial charge < -0.3 is 14.7 Å². The minimum atomic E-state index is -0.299. The van der Waals surface area contributed by atoms with Gasteiger partial charge in [-0.25, -0.2) is 0 Å². The van der Waals surface area contributed by atoms with E-state index in [1.54, 1.807) is 6.07 Å². The molecular formula is C17H21NO3. The van der Waals surface area contributed by atoms with E-state index in [2.05, 4.69) is 11.8 Å². The van der Waals surface area contributed by atoms with Crippen molar-refractivity contribution in [1.29, 1.82) is 0 Å². The Morgan fingerprint density at radius 3 is 3.00 bits per heavy atom. The van der Waals surface area contributed by atoms with Crippen molar-refractivity contribution in [2.24, 2.45) is 0 Å². The van der Waals surface area contributed by atoms with Crippen LogP contribution in [0.3, 0.4) is 0 Å². The average Bonchev–Trinajstić information content (AvgIpc) is 2.46. The van der Waals surface area contributed by atoms with Crippen molar-refractivity contribution in [2.75, 3.05) is 26.3 Å². The molecule has 0 spiro atoms. The van der Waals surface area contributed by atoms with Crippen molar-refractivity contribution >= 4 is 5.91 Å². The summed E-state index contributed by atoms with van der Waals surface area (Å²) in [6, 6.07) is 7.31. The zero-order valence-electron chi connectivity index (χ0n) is 12.6. The number of amides is 1. The third kappa shape index (κ3) is 4.32. The second kappa shape index (κ2) is 6.75. The summed E-state index contributed by atoms with van der Waals surface area (Å²) in [5, 5.41) is 8.73. The lowest BCUT2D eigenvalue weighted by molar-refractivity contribution is -0.0764. The molecule has 1 fully saturated rings. The summed E-state index contributed by atoms with van der Waals surface area (Å²) < 4.78 is 5.63. The molecular weight excluding hydrogens is 266 g/mol. The molecule has 1 aromatic carbocycles. The van der Waals surface area contributed by atoms with E-state index in [0.717, 1.165) is 5.56 Å². The Morgan fingerprint density at radius 2 is 2.29 bits per heavy atom. The topological polar surface area (TPSA) is 49.8 Å². The van der Waals surface area contributed by atoms with Crippen LogP contribution in [0.25, 0.3) is 0 Å². The molecule has 4 heteroatoms. The summed E-state index contributed by atoms with van der Waals surface area (Å²) in [7, 11) is 0. The van der Waals surface area contributed by atoms with Gasteiger partial charge in [-0.3, -0.25) is 4.79 Å². The minimum Gasteiger partial charge on any atom is -0.395 e. The molecule has 112 valence electrons.